The van der Waals surface area contributed by atoms with Gasteiger partial charge in [-0.2, -0.15) is 0 Å². The van der Waals surface area contributed by atoms with E-state index in [9.17, 15) is 4.79 Å². The Bertz CT molecular complexity index is 959. The molecule has 1 amide bonds. The molecule has 1 aliphatic rings. The Hall–Kier alpha value is -2.62. The highest BCUT2D eigenvalue weighted by Crippen LogP contribution is 2.34. The van der Waals surface area contributed by atoms with Gasteiger partial charge in [0, 0.05) is 23.7 Å². The molecule has 0 spiro atoms. The van der Waals surface area contributed by atoms with E-state index in [0.717, 1.165) is 53.6 Å². The largest absolute Gasteiger partial charge is 0.450 e. The molecule has 0 N–H and O–H groups in total. The van der Waals surface area contributed by atoms with Crippen molar-refractivity contribution >= 4 is 16.9 Å². The zero-order valence-electron chi connectivity index (χ0n) is 15.6. The van der Waals surface area contributed by atoms with Crippen molar-refractivity contribution in [3.05, 3.63) is 64.7 Å². The van der Waals surface area contributed by atoms with E-state index in [1.165, 1.54) is 5.56 Å². The molecular weight excluding hydrogens is 324 g/mol. The Morgan fingerprint density at radius 3 is 2.73 bits per heavy atom. The molecule has 0 radical (unpaired) electrons. The number of aromatic nitrogens is 1. The molecule has 3 heterocycles. The smallest absolute Gasteiger partial charge is 0.290 e. The molecule has 1 fully saturated rings. The predicted octanol–water partition coefficient (Wildman–Crippen LogP) is 5.12. The first kappa shape index (κ1) is 16.8. The summed E-state index contributed by atoms with van der Waals surface area (Å²) in [6.07, 6.45) is 4.88. The maximum atomic E-state index is 13.4. The number of fused-ring (bicyclic) bond motifs is 1. The van der Waals surface area contributed by atoms with E-state index >= 15 is 0 Å². The number of carbonyl (C=O) groups excluding carboxylic acids is 1. The second-order valence-electron chi connectivity index (χ2n) is 7.21. The summed E-state index contributed by atoms with van der Waals surface area (Å²) in [5.74, 6) is 0.447. The molecule has 1 atom stereocenters. The lowest BCUT2D eigenvalue weighted by Crippen LogP contribution is -2.39. The number of amides is 1. The lowest BCUT2D eigenvalue weighted by atomic mass is 9.98. The standard InChI is InChI=1S/C22H24N2O2/c1-14-10-11-17-16(3)21(26-20(17)15(14)2)22(25)24-13-7-5-9-19(24)18-8-4-6-12-23-18/h4,6,8,10-12,19H,5,7,9,13H2,1-3H3/t19-/m1/s1. The van der Waals surface area contributed by atoms with Crippen molar-refractivity contribution in [3.8, 4) is 0 Å². The van der Waals surface area contributed by atoms with Crippen LogP contribution in [0.5, 0.6) is 0 Å². The van der Waals surface area contributed by atoms with Gasteiger partial charge < -0.3 is 9.32 Å². The van der Waals surface area contributed by atoms with Crippen LogP contribution >= 0.6 is 0 Å². The van der Waals surface area contributed by atoms with Crippen LogP contribution in [0.1, 0.15) is 58.2 Å². The van der Waals surface area contributed by atoms with Gasteiger partial charge in [-0.3, -0.25) is 9.78 Å². The number of aryl methyl sites for hydroxylation is 3. The Morgan fingerprint density at radius 2 is 1.96 bits per heavy atom. The third-order valence-electron chi connectivity index (χ3n) is 5.61. The topological polar surface area (TPSA) is 46.3 Å². The number of rotatable bonds is 2. The number of hydrogen-bond acceptors (Lipinski definition) is 3. The average Bonchev–Trinajstić information content (AvgIpc) is 3.02. The van der Waals surface area contributed by atoms with Gasteiger partial charge in [0.05, 0.1) is 11.7 Å². The van der Waals surface area contributed by atoms with Crippen molar-refractivity contribution in [2.75, 3.05) is 6.54 Å². The molecule has 4 nitrogen and oxygen atoms in total. The lowest BCUT2D eigenvalue weighted by molar-refractivity contribution is 0.0575. The fraction of sp³-hybridized carbons (Fsp3) is 0.364. The van der Waals surface area contributed by atoms with Crippen LogP contribution in [0.4, 0.5) is 0 Å². The highest BCUT2D eigenvalue weighted by Gasteiger charge is 2.32. The quantitative estimate of drug-likeness (QED) is 0.646. The molecule has 4 rings (SSSR count). The minimum absolute atomic E-state index is 0.0212. The van der Waals surface area contributed by atoms with Crippen LogP contribution in [-0.4, -0.2) is 22.3 Å². The number of piperidine rings is 1. The van der Waals surface area contributed by atoms with Crippen LogP contribution in [-0.2, 0) is 0 Å². The van der Waals surface area contributed by atoms with E-state index < -0.39 is 0 Å². The van der Waals surface area contributed by atoms with E-state index in [0.29, 0.717) is 5.76 Å². The van der Waals surface area contributed by atoms with Crippen molar-refractivity contribution in [1.82, 2.24) is 9.88 Å². The number of carbonyl (C=O) groups is 1. The zero-order chi connectivity index (χ0) is 18.3. The third kappa shape index (κ3) is 2.70. The third-order valence-corrected chi connectivity index (χ3v) is 5.61. The molecule has 0 bridgehead atoms. The summed E-state index contributed by atoms with van der Waals surface area (Å²) in [5, 5.41) is 1.03. The van der Waals surface area contributed by atoms with E-state index in [4.69, 9.17) is 4.42 Å². The SMILES string of the molecule is Cc1ccc2c(C)c(C(=O)N3CCCC[C@@H]3c3ccccn3)oc2c1C. The predicted molar refractivity (Wildman–Crippen MR) is 102 cm³/mol. The fourth-order valence-electron chi connectivity index (χ4n) is 3.91. The van der Waals surface area contributed by atoms with Crippen LogP contribution in [0, 0.1) is 20.8 Å². The molecule has 1 saturated heterocycles. The number of nitrogens with zero attached hydrogens (tertiary/aromatic N) is 2. The van der Waals surface area contributed by atoms with E-state index in [-0.39, 0.29) is 11.9 Å². The second kappa shape index (κ2) is 6.60. The van der Waals surface area contributed by atoms with Gasteiger partial charge in [0.1, 0.15) is 5.58 Å². The molecule has 3 aromatic rings. The Labute approximate surface area is 153 Å². The summed E-state index contributed by atoms with van der Waals surface area (Å²) >= 11 is 0. The molecule has 26 heavy (non-hydrogen) atoms. The van der Waals surface area contributed by atoms with Gasteiger partial charge in [0.25, 0.3) is 5.91 Å². The van der Waals surface area contributed by atoms with Gasteiger partial charge in [-0.25, -0.2) is 0 Å². The Balaban J connectivity index is 1.75. The summed E-state index contributed by atoms with van der Waals surface area (Å²) in [6, 6.07) is 10.1. The number of benzene rings is 1. The first-order valence-electron chi connectivity index (χ1n) is 9.29. The van der Waals surface area contributed by atoms with E-state index in [1.54, 1.807) is 6.20 Å². The molecular formula is C22H24N2O2. The van der Waals surface area contributed by atoms with Gasteiger partial charge in [-0.05, 0) is 63.3 Å². The normalized spacial score (nSPS) is 17.7. The maximum absolute atomic E-state index is 13.4. The van der Waals surface area contributed by atoms with Crippen LogP contribution < -0.4 is 0 Å². The molecule has 134 valence electrons. The van der Waals surface area contributed by atoms with Crippen LogP contribution in [0.3, 0.4) is 0 Å². The van der Waals surface area contributed by atoms with Crippen molar-refractivity contribution in [2.45, 2.75) is 46.1 Å². The van der Waals surface area contributed by atoms with Gasteiger partial charge in [0.2, 0.25) is 0 Å². The second-order valence-corrected chi connectivity index (χ2v) is 7.21. The van der Waals surface area contributed by atoms with Gasteiger partial charge in [-0.15, -0.1) is 0 Å². The van der Waals surface area contributed by atoms with Crippen molar-refractivity contribution in [2.24, 2.45) is 0 Å². The van der Waals surface area contributed by atoms with Crippen molar-refractivity contribution in [1.29, 1.82) is 0 Å². The van der Waals surface area contributed by atoms with Crippen LogP contribution in [0.15, 0.2) is 40.9 Å². The maximum Gasteiger partial charge on any atom is 0.290 e. The number of furan rings is 1. The van der Waals surface area contributed by atoms with E-state index in [2.05, 4.69) is 24.0 Å². The Kier molecular flexibility index (Phi) is 4.27. The lowest BCUT2D eigenvalue weighted by Gasteiger charge is -2.35. The minimum Gasteiger partial charge on any atom is -0.450 e. The van der Waals surface area contributed by atoms with E-state index in [1.807, 2.05) is 36.9 Å². The first-order valence-corrected chi connectivity index (χ1v) is 9.29. The highest BCUT2D eigenvalue weighted by molar-refractivity contribution is 6.00. The average molecular weight is 348 g/mol. The number of likely N-dealkylation sites (tertiary alicyclic amines) is 1. The van der Waals surface area contributed by atoms with Crippen LogP contribution in [0.2, 0.25) is 0 Å². The molecule has 1 aromatic carbocycles. The summed E-state index contributed by atoms with van der Waals surface area (Å²) in [5.41, 5.74) is 5.00. The molecule has 0 aliphatic carbocycles. The molecule has 2 aromatic heterocycles. The van der Waals surface area contributed by atoms with Crippen molar-refractivity contribution in [3.63, 3.8) is 0 Å². The fourth-order valence-corrected chi connectivity index (χ4v) is 3.91. The highest BCUT2D eigenvalue weighted by atomic mass is 16.3. The summed E-state index contributed by atoms with van der Waals surface area (Å²) in [4.78, 5) is 19.8. The first-order chi connectivity index (χ1) is 12.6. The van der Waals surface area contributed by atoms with Gasteiger partial charge >= 0.3 is 0 Å². The molecule has 0 saturated carbocycles. The molecule has 0 unspecified atom stereocenters. The molecule has 1 aliphatic heterocycles. The molecule has 4 heteroatoms. The summed E-state index contributed by atoms with van der Waals surface area (Å²) in [6.45, 7) is 6.84. The summed E-state index contributed by atoms with van der Waals surface area (Å²) < 4.78 is 6.10. The van der Waals surface area contributed by atoms with Gasteiger partial charge in [0.15, 0.2) is 5.76 Å². The minimum atomic E-state index is -0.0221. The number of hydrogen-bond donors (Lipinski definition) is 0. The van der Waals surface area contributed by atoms with Crippen molar-refractivity contribution < 1.29 is 9.21 Å². The summed E-state index contributed by atoms with van der Waals surface area (Å²) in [7, 11) is 0. The zero-order valence-corrected chi connectivity index (χ0v) is 15.6. The Morgan fingerprint density at radius 1 is 1.12 bits per heavy atom. The van der Waals surface area contributed by atoms with Crippen LogP contribution in [0.25, 0.3) is 11.0 Å². The number of pyridine rings is 1. The monoisotopic (exact) mass is 348 g/mol. The van der Waals surface area contributed by atoms with Gasteiger partial charge in [-0.1, -0.05) is 18.2 Å².